The molecule has 142 valence electrons. The summed E-state index contributed by atoms with van der Waals surface area (Å²) in [6, 6.07) is 6.12. The summed E-state index contributed by atoms with van der Waals surface area (Å²) in [6.45, 7) is 5.73. The quantitative estimate of drug-likeness (QED) is 0.597. The second-order valence-electron chi connectivity index (χ2n) is 8.04. The lowest BCUT2D eigenvalue weighted by molar-refractivity contribution is 0.102. The zero-order valence-corrected chi connectivity index (χ0v) is 17.3. The molecule has 0 spiro atoms. The predicted octanol–water partition coefficient (Wildman–Crippen LogP) is 5.00. The van der Waals surface area contributed by atoms with Crippen molar-refractivity contribution in [2.75, 3.05) is 5.32 Å². The van der Waals surface area contributed by atoms with Crippen molar-refractivity contribution in [1.29, 1.82) is 0 Å². The second-order valence-corrected chi connectivity index (χ2v) is 9.13. The highest BCUT2D eigenvalue weighted by molar-refractivity contribution is 7.18. The average molecular weight is 385 g/mol. The second kappa shape index (κ2) is 6.27. The summed E-state index contributed by atoms with van der Waals surface area (Å²) in [5.74, 6) is 0.536. The minimum Gasteiger partial charge on any atom is -0.322 e. The van der Waals surface area contributed by atoms with Crippen LogP contribution in [0.1, 0.15) is 72.6 Å². The van der Waals surface area contributed by atoms with Gasteiger partial charge in [-0.1, -0.05) is 32.5 Å². The van der Waals surface area contributed by atoms with Gasteiger partial charge in [0.05, 0.1) is 5.56 Å². The van der Waals surface area contributed by atoms with Crippen molar-refractivity contribution in [3.63, 3.8) is 0 Å². The summed E-state index contributed by atoms with van der Waals surface area (Å²) in [5.41, 5.74) is 6.68. The lowest BCUT2D eigenvalue weighted by atomic mass is 9.90. The van der Waals surface area contributed by atoms with Crippen LogP contribution in [0.3, 0.4) is 0 Å². The molecule has 4 unspecified atom stereocenters. The lowest BCUT2D eigenvalue weighted by Gasteiger charge is -2.19. The van der Waals surface area contributed by atoms with Gasteiger partial charge in [-0.05, 0) is 50.8 Å². The Hall–Kier alpha value is -2.00. The number of halogens is 1. The highest BCUT2D eigenvalue weighted by atomic mass is 31.0. The van der Waals surface area contributed by atoms with Crippen LogP contribution in [-0.2, 0) is 12.5 Å². The van der Waals surface area contributed by atoms with Crippen LogP contribution in [0, 0.1) is 0 Å². The van der Waals surface area contributed by atoms with E-state index in [2.05, 4.69) is 39.6 Å². The summed E-state index contributed by atoms with van der Waals surface area (Å²) < 4.78 is 16.0. The molecule has 6 heteroatoms. The third-order valence-corrected chi connectivity index (χ3v) is 5.99. The molecule has 0 saturated heterocycles. The number of carbonyl (C=O) groups excluding carboxylic acids is 1. The number of hydrogen-bond donors (Lipinski definition) is 1. The molecular weight excluding hydrogens is 360 g/mol. The molecule has 1 amide bonds. The minimum atomic E-state index is -1.76. The molecule has 2 aliphatic carbocycles. The van der Waals surface area contributed by atoms with Gasteiger partial charge in [0.2, 0.25) is 0 Å². The molecule has 4 atom stereocenters. The molecule has 27 heavy (non-hydrogen) atoms. The van der Waals surface area contributed by atoms with E-state index in [4.69, 9.17) is 0 Å². The van der Waals surface area contributed by atoms with Crippen molar-refractivity contribution < 1.29 is 9.18 Å². The van der Waals surface area contributed by atoms with Crippen molar-refractivity contribution in [2.24, 2.45) is 7.05 Å². The molecule has 1 aromatic heterocycles. The number of aromatic nitrogens is 2. The van der Waals surface area contributed by atoms with Crippen LogP contribution in [0.25, 0.3) is 0 Å². The molecular formula is C21H25FN3OP. The summed E-state index contributed by atoms with van der Waals surface area (Å²) in [6.07, 6.45) is 3.87. The summed E-state index contributed by atoms with van der Waals surface area (Å²) >= 11 is 0. The van der Waals surface area contributed by atoms with Crippen LogP contribution in [0.15, 0.2) is 35.5 Å². The van der Waals surface area contributed by atoms with Gasteiger partial charge < -0.3 is 5.32 Å². The van der Waals surface area contributed by atoms with Crippen molar-refractivity contribution in [1.82, 2.24) is 9.78 Å². The molecule has 2 aliphatic rings. The first-order valence-electron chi connectivity index (χ1n) is 9.31. The van der Waals surface area contributed by atoms with Gasteiger partial charge in [-0.25, -0.2) is 4.39 Å². The van der Waals surface area contributed by atoms with Crippen LogP contribution >= 0.6 is 9.24 Å². The van der Waals surface area contributed by atoms with E-state index in [9.17, 15) is 9.18 Å². The van der Waals surface area contributed by atoms with E-state index in [-0.39, 0.29) is 17.2 Å². The Labute approximate surface area is 161 Å². The fourth-order valence-corrected chi connectivity index (χ4v) is 5.01. The summed E-state index contributed by atoms with van der Waals surface area (Å²) in [5, 5.41) is 5.42. The highest BCUT2D eigenvalue weighted by Crippen LogP contribution is 2.59. The number of nitrogens with zero attached hydrogens (tertiary/aromatic N) is 2. The number of benzene rings is 1. The van der Waals surface area contributed by atoms with Gasteiger partial charge in [0.25, 0.3) is 5.91 Å². The molecule has 1 heterocycles. The lowest BCUT2D eigenvalue weighted by Crippen LogP contribution is -2.19. The smallest absolute Gasteiger partial charge is 0.259 e. The number of hydrogen-bond acceptors (Lipinski definition) is 2. The van der Waals surface area contributed by atoms with Gasteiger partial charge in [0, 0.05) is 30.8 Å². The number of anilines is 1. The Morgan fingerprint density at radius 3 is 2.70 bits per heavy atom. The molecule has 1 fully saturated rings. The van der Waals surface area contributed by atoms with Gasteiger partial charge >= 0.3 is 0 Å². The number of amides is 1. The van der Waals surface area contributed by atoms with Crippen LogP contribution in [0.2, 0.25) is 0 Å². The van der Waals surface area contributed by atoms with Gasteiger partial charge in [0.15, 0.2) is 5.41 Å². The van der Waals surface area contributed by atoms with Gasteiger partial charge in [-0.15, -0.1) is 0 Å². The van der Waals surface area contributed by atoms with Gasteiger partial charge in [-0.3, -0.25) is 9.48 Å². The maximum absolute atomic E-state index is 14.5. The third kappa shape index (κ3) is 2.93. The van der Waals surface area contributed by atoms with Crippen molar-refractivity contribution in [3.8, 4) is 0 Å². The Morgan fingerprint density at radius 2 is 2.04 bits per heavy atom. The maximum Gasteiger partial charge on any atom is 0.259 e. The maximum atomic E-state index is 14.5. The van der Waals surface area contributed by atoms with E-state index in [0.29, 0.717) is 11.8 Å². The monoisotopic (exact) mass is 385 g/mol. The molecule has 4 rings (SSSR count). The molecule has 2 aromatic rings. The van der Waals surface area contributed by atoms with Crippen molar-refractivity contribution >= 4 is 20.8 Å². The zero-order chi connectivity index (χ0) is 19.5. The van der Waals surface area contributed by atoms with E-state index in [1.54, 1.807) is 13.2 Å². The largest absolute Gasteiger partial charge is 0.322 e. The Balaban J connectivity index is 1.72. The van der Waals surface area contributed by atoms with E-state index in [1.807, 2.05) is 12.1 Å². The minimum absolute atomic E-state index is 0.131. The Kier molecular flexibility index (Phi) is 4.27. The normalized spacial score (nSPS) is 22.5. The van der Waals surface area contributed by atoms with Crippen LogP contribution < -0.4 is 5.32 Å². The molecule has 1 saturated carbocycles. The highest BCUT2D eigenvalue weighted by Gasteiger charge is 2.43. The number of rotatable bonds is 3. The van der Waals surface area contributed by atoms with Gasteiger partial charge in [0.1, 0.15) is 5.69 Å². The third-order valence-electron chi connectivity index (χ3n) is 5.72. The average Bonchev–Trinajstić information content (AvgIpc) is 3.25. The molecule has 0 aliphatic heterocycles. The number of nitrogens with one attached hydrogen (secondary N) is 1. The number of alkyl halides is 1. The zero-order valence-electron chi connectivity index (χ0n) is 16.1. The number of fused-ring (bicyclic) bond motifs is 5. The van der Waals surface area contributed by atoms with Crippen LogP contribution in [0.5, 0.6) is 0 Å². The van der Waals surface area contributed by atoms with E-state index < -0.39 is 5.41 Å². The number of aryl methyl sites for hydroxylation is 1. The van der Waals surface area contributed by atoms with Crippen LogP contribution in [-0.4, -0.2) is 15.7 Å². The van der Waals surface area contributed by atoms with Crippen molar-refractivity contribution in [3.05, 3.63) is 57.9 Å². The van der Waals surface area contributed by atoms with Crippen LogP contribution in [0.4, 0.5) is 10.1 Å². The van der Waals surface area contributed by atoms with E-state index >= 15 is 0 Å². The number of allylic oxidation sites excluding steroid dienone is 2. The standard InChI is InChI=1S/C21H25FN3OP/c1-11(2)17-13-8-9-14(17)18-12(13)6-5-7-16(18)23-20(26)15-10-25(4)24-19(15)21(3,22)27/h5-7,10,13-14H,8-9,27H2,1-4H3,(H,23,26). The van der Waals surface area contributed by atoms with E-state index in [0.717, 1.165) is 12.1 Å². The van der Waals surface area contributed by atoms with Gasteiger partial charge in [-0.2, -0.15) is 5.10 Å². The molecule has 1 N–H and O–H groups in total. The van der Waals surface area contributed by atoms with E-state index in [1.165, 1.54) is 40.3 Å². The summed E-state index contributed by atoms with van der Waals surface area (Å²) in [7, 11) is 3.80. The Morgan fingerprint density at radius 1 is 1.33 bits per heavy atom. The number of carbonyl (C=O) groups is 1. The molecule has 1 aromatic carbocycles. The Bertz CT molecular complexity index is 966. The van der Waals surface area contributed by atoms with Crippen molar-refractivity contribution in [2.45, 2.75) is 50.9 Å². The SMILES string of the molecule is CC(C)=C1C2CCC1c1c(NC(=O)c3cn(C)nc3C(C)(F)P)cccc12. The first-order valence-corrected chi connectivity index (χ1v) is 9.89. The fourth-order valence-electron chi connectivity index (χ4n) is 4.80. The molecule has 2 bridgehead atoms. The topological polar surface area (TPSA) is 46.9 Å². The first kappa shape index (κ1) is 18.4. The predicted molar refractivity (Wildman–Crippen MR) is 109 cm³/mol. The molecule has 4 nitrogen and oxygen atoms in total. The fraction of sp³-hybridized carbons (Fsp3) is 0.429. The molecule has 0 radical (unpaired) electrons. The first-order chi connectivity index (χ1) is 12.7. The summed E-state index contributed by atoms with van der Waals surface area (Å²) in [4.78, 5) is 13.0.